The van der Waals surface area contributed by atoms with Crippen molar-refractivity contribution < 1.29 is 45.7 Å². The van der Waals surface area contributed by atoms with E-state index in [4.69, 9.17) is 4.74 Å². The number of rotatable bonds is 4. The highest BCUT2D eigenvalue weighted by Crippen LogP contribution is 2.42. The number of benzene rings is 2. The van der Waals surface area contributed by atoms with Gasteiger partial charge in [0.15, 0.2) is 5.75 Å². The quantitative estimate of drug-likeness (QED) is 0.690. The van der Waals surface area contributed by atoms with Crippen LogP contribution < -0.4 is 14.2 Å². The Bertz CT molecular complexity index is 694. The van der Waals surface area contributed by atoms with Crippen LogP contribution in [0.15, 0.2) is 42.5 Å². The lowest BCUT2D eigenvalue weighted by molar-refractivity contribution is -0.275. The Morgan fingerprint density at radius 1 is 0.708 bits per heavy atom. The first kappa shape index (κ1) is 17.6. The van der Waals surface area contributed by atoms with Gasteiger partial charge in [0.1, 0.15) is 11.5 Å². The predicted octanol–water partition coefficient (Wildman–Crippen LogP) is 5.42. The zero-order chi connectivity index (χ0) is 18.0. The fraction of sp³-hybridized carbons (Fsp3) is 0.143. The molecule has 0 saturated heterocycles. The molecule has 0 amide bonds. The monoisotopic (exact) mass is 353 g/mol. The van der Waals surface area contributed by atoms with Crippen LogP contribution in [0.4, 0.5) is 26.3 Å². The highest BCUT2D eigenvalue weighted by molar-refractivity contribution is 5.52. The van der Waals surface area contributed by atoms with Crippen molar-refractivity contribution >= 4 is 0 Å². The van der Waals surface area contributed by atoms with Crippen LogP contribution in [0.1, 0.15) is 0 Å². The van der Waals surface area contributed by atoms with Crippen LogP contribution in [0.3, 0.4) is 0 Å². The molecule has 0 aromatic heterocycles. The Morgan fingerprint density at radius 2 is 1.25 bits per heavy atom. The van der Waals surface area contributed by atoms with Crippen LogP contribution in [0.2, 0.25) is 0 Å². The molecule has 129 valence electrons. The van der Waals surface area contributed by atoms with Crippen molar-refractivity contribution in [3.05, 3.63) is 42.5 Å². The lowest BCUT2D eigenvalue weighted by Gasteiger charge is -2.14. The first-order chi connectivity index (χ1) is 11.0. The minimum Gasteiger partial charge on any atom is -0.449 e. The minimum atomic E-state index is -5.05. The number of hydrogen-bond acceptors (Lipinski definition) is 3. The van der Waals surface area contributed by atoms with E-state index in [1.165, 1.54) is 0 Å². The predicted molar refractivity (Wildman–Crippen MR) is 66.5 cm³/mol. The van der Waals surface area contributed by atoms with Crippen LogP contribution >= 0.6 is 0 Å². The summed E-state index contributed by atoms with van der Waals surface area (Å²) in [6.45, 7) is 0. The third kappa shape index (κ3) is 5.14. The van der Waals surface area contributed by atoms with Crippen LogP contribution in [-0.4, -0.2) is 12.7 Å². The maximum absolute atomic E-state index is 12.3. The molecule has 1 radical (unpaired) electrons. The summed E-state index contributed by atoms with van der Waals surface area (Å²) >= 11 is 0. The summed E-state index contributed by atoms with van der Waals surface area (Å²) in [5.41, 5.74) is 0. The molecule has 2 aromatic rings. The van der Waals surface area contributed by atoms with Gasteiger partial charge in [-0.3, -0.25) is 5.11 Å². The Hall–Kier alpha value is -2.78. The topological polar surface area (TPSA) is 47.6 Å². The smallest absolute Gasteiger partial charge is 0.449 e. The van der Waals surface area contributed by atoms with Gasteiger partial charge in [-0.1, -0.05) is 6.07 Å². The first-order valence-corrected chi connectivity index (χ1v) is 6.13. The lowest BCUT2D eigenvalue weighted by atomic mass is 10.3. The van der Waals surface area contributed by atoms with Gasteiger partial charge in [-0.2, -0.15) is 0 Å². The van der Waals surface area contributed by atoms with Gasteiger partial charge in [0, 0.05) is 0 Å². The summed E-state index contributed by atoms with van der Waals surface area (Å²) in [6.07, 6.45) is -9.94. The van der Waals surface area contributed by atoms with Gasteiger partial charge in [0.2, 0.25) is 11.5 Å². The van der Waals surface area contributed by atoms with Crippen molar-refractivity contribution in [2.75, 3.05) is 0 Å². The van der Waals surface area contributed by atoms with Crippen molar-refractivity contribution in [1.29, 1.82) is 0 Å². The van der Waals surface area contributed by atoms with Crippen molar-refractivity contribution in [3.63, 3.8) is 0 Å². The van der Waals surface area contributed by atoms with Crippen molar-refractivity contribution in [1.82, 2.24) is 0 Å². The van der Waals surface area contributed by atoms with E-state index in [0.29, 0.717) is 0 Å². The molecule has 0 spiro atoms. The van der Waals surface area contributed by atoms with Gasteiger partial charge in [-0.25, -0.2) is 0 Å². The Kier molecular flexibility index (Phi) is 4.67. The normalized spacial score (nSPS) is 11.9. The number of hydrogen-bond donors (Lipinski definition) is 0. The Balaban J connectivity index is 2.22. The van der Waals surface area contributed by atoms with E-state index >= 15 is 0 Å². The molecule has 0 aliphatic rings. The molecule has 0 heterocycles. The van der Waals surface area contributed by atoms with E-state index in [1.807, 2.05) is 0 Å². The van der Waals surface area contributed by atoms with Crippen molar-refractivity contribution in [3.8, 4) is 28.7 Å². The fourth-order valence-electron chi connectivity index (χ4n) is 1.63. The summed E-state index contributed by atoms with van der Waals surface area (Å²) in [5, 5.41) is 11.6. The molecule has 0 fully saturated rings. The maximum Gasteiger partial charge on any atom is 0.573 e. The van der Waals surface area contributed by atoms with Gasteiger partial charge in [0.25, 0.3) is 0 Å². The molecular formula is C14H7F6O4. The maximum atomic E-state index is 12.3. The number of alkyl halides is 6. The van der Waals surface area contributed by atoms with E-state index in [1.54, 1.807) is 0 Å². The second kappa shape index (κ2) is 6.38. The molecule has 0 saturated carbocycles. The molecule has 2 aromatic carbocycles. The minimum absolute atomic E-state index is 0.181. The fourth-order valence-corrected chi connectivity index (χ4v) is 1.63. The van der Waals surface area contributed by atoms with E-state index in [-0.39, 0.29) is 5.75 Å². The molecule has 0 N–H and O–H groups in total. The highest BCUT2D eigenvalue weighted by atomic mass is 19.4. The molecule has 4 nitrogen and oxygen atoms in total. The third-order valence-corrected chi connectivity index (χ3v) is 2.45. The summed E-state index contributed by atoms with van der Waals surface area (Å²) in [5.74, 6) is -3.26. The number of para-hydroxylation sites is 1. The molecule has 0 unspecified atom stereocenters. The van der Waals surface area contributed by atoms with E-state index in [0.717, 1.165) is 42.5 Å². The van der Waals surface area contributed by atoms with Gasteiger partial charge >= 0.3 is 12.7 Å². The van der Waals surface area contributed by atoms with E-state index in [2.05, 4.69) is 9.47 Å². The molecule has 0 aliphatic carbocycles. The molecule has 0 atom stereocenters. The van der Waals surface area contributed by atoms with Gasteiger partial charge < -0.3 is 14.2 Å². The number of halogens is 6. The lowest BCUT2D eigenvalue weighted by Crippen LogP contribution is -2.17. The number of ether oxygens (including phenoxy) is 3. The van der Waals surface area contributed by atoms with Crippen molar-refractivity contribution in [2.24, 2.45) is 0 Å². The molecule has 10 heteroatoms. The third-order valence-electron chi connectivity index (χ3n) is 2.45. The standard InChI is InChI=1S/C14H7F6O4/c15-13(16,17)23-9-6-4-8(5-7-9)22-12-10(21)2-1-3-11(12)24-14(18,19)20/h1-7H. The van der Waals surface area contributed by atoms with Crippen molar-refractivity contribution in [2.45, 2.75) is 12.7 Å². The van der Waals surface area contributed by atoms with Crippen LogP contribution in [0.5, 0.6) is 28.7 Å². The summed E-state index contributed by atoms with van der Waals surface area (Å²) in [7, 11) is 0. The average Bonchev–Trinajstić information content (AvgIpc) is 2.41. The first-order valence-electron chi connectivity index (χ1n) is 6.13. The molecule has 24 heavy (non-hydrogen) atoms. The van der Waals surface area contributed by atoms with Gasteiger partial charge in [-0.05, 0) is 36.4 Å². The second-order valence-corrected chi connectivity index (χ2v) is 4.25. The Morgan fingerprint density at radius 3 is 1.79 bits per heavy atom. The van der Waals surface area contributed by atoms with Crippen LogP contribution in [0.25, 0.3) is 0 Å². The molecule has 0 aliphatic heterocycles. The van der Waals surface area contributed by atoms with Gasteiger partial charge in [-0.15, -0.1) is 26.3 Å². The SMILES string of the molecule is [O]c1cccc(OC(F)(F)F)c1Oc1ccc(OC(F)(F)F)cc1. The zero-order valence-electron chi connectivity index (χ0n) is 11.4. The van der Waals surface area contributed by atoms with Crippen LogP contribution in [-0.2, 0) is 5.11 Å². The summed E-state index contributed by atoms with van der Waals surface area (Å²) in [4.78, 5) is 0. The van der Waals surface area contributed by atoms with Crippen LogP contribution in [0, 0.1) is 0 Å². The molecular weight excluding hydrogens is 346 g/mol. The van der Waals surface area contributed by atoms with Gasteiger partial charge in [0.05, 0.1) is 0 Å². The molecule has 0 bridgehead atoms. The zero-order valence-corrected chi connectivity index (χ0v) is 11.4. The summed E-state index contributed by atoms with van der Waals surface area (Å²) in [6, 6.07) is 6.58. The Labute approximate surface area is 130 Å². The van der Waals surface area contributed by atoms with E-state index in [9.17, 15) is 31.4 Å². The average molecular weight is 353 g/mol. The van der Waals surface area contributed by atoms with E-state index < -0.39 is 35.7 Å². The highest BCUT2D eigenvalue weighted by Gasteiger charge is 2.33. The largest absolute Gasteiger partial charge is 0.573 e. The molecule has 2 rings (SSSR count). The summed E-state index contributed by atoms with van der Waals surface area (Å²) < 4.78 is 85.3. The second-order valence-electron chi connectivity index (χ2n) is 4.25.